The summed E-state index contributed by atoms with van der Waals surface area (Å²) in [5, 5.41) is 0.701. The zero-order valence-corrected chi connectivity index (χ0v) is 14.0. The molecule has 1 heterocycles. The highest BCUT2D eigenvalue weighted by molar-refractivity contribution is 9.10. The topological polar surface area (TPSA) is 35.0 Å². The van der Waals surface area contributed by atoms with Gasteiger partial charge in [-0.15, -0.1) is 0 Å². The Hall–Kier alpha value is -0.650. The van der Waals surface area contributed by atoms with E-state index in [4.69, 9.17) is 16.3 Å². The second-order valence-electron chi connectivity index (χ2n) is 3.90. The molecule has 0 saturated carbocycles. The first-order valence-corrected chi connectivity index (χ1v) is 7.62. The van der Waals surface area contributed by atoms with Crippen LogP contribution in [0.1, 0.15) is 16.1 Å². The molecular weight excluding hydrogens is 395 g/mol. The molecule has 0 amide bonds. The minimum Gasteiger partial charge on any atom is -0.481 e. The van der Waals surface area contributed by atoms with Gasteiger partial charge < -0.3 is 4.74 Å². The van der Waals surface area contributed by atoms with Gasteiger partial charge in [0.25, 0.3) is 0 Å². The molecule has 2 aromatic rings. The van der Waals surface area contributed by atoms with E-state index in [0.29, 0.717) is 10.9 Å². The monoisotopic (exact) mass is 404 g/mol. The van der Waals surface area contributed by atoms with Crippen LogP contribution >= 0.6 is 43.5 Å². The molecule has 1 aromatic heterocycles. The molecule has 0 aliphatic heterocycles. The van der Waals surface area contributed by atoms with E-state index in [2.05, 4.69) is 41.8 Å². The van der Waals surface area contributed by atoms with Crippen LogP contribution in [0.15, 0.2) is 35.1 Å². The highest BCUT2D eigenvalue weighted by Gasteiger charge is 2.11. The summed E-state index contributed by atoms with van der Waals surface area (Å²) >= 11 is 13.1. The minimum absolute atomic E-state index is 0.153. The lowest BCUT2D eigenvalue weighted by Crippen LogP contribution is -1.99. The molecule has 1 aromatic carbocycles. The minimum atomic E-state index is 0.153. The van der Waals surface area contributed by atoms with E-state index in [9.17, 15) is 0 Å². The number of benzene rings is 1. The van der Waals surface area contributed by atoms with E-state index < -0.39 is 0 Å². The molecule has 6 heteroatoms. The van der Waals surface area contributed by atoms with Gasteiger partial charge in [0.2, 0.25) is 5.88 Å². The molecule has 100 valence electrons. The van der Waals surface area contributed by atoms with Crippen LogP contribution in [-0.4, -0.2) is 17.1 Å². The summed E-state index contributed by atoms with van der Waals surface area (Å²) in [4.78, 5) is 8.38. The van der Waals surface area contributed by atoms with Crippen molar-refractivity contribution in [2.24, 2.45) is 0 Å². The van der Waals surface area contributed by atoms with E-state index in [1.807, 2.05) is 24.3 Å². The third kappa shape index (κ3) is 3.91. The number of hydrogen-bond acceptors (Lipinski definition) is 3. The molecule has 0 spiro atoms. The Kier molecular flexibility index (Phi) is 5.19. The molecule has 3 nitrogen and oxygen atoms in total. The Morgan fingerprint density at radius 2 is 2.11 bits per heavy atom. The first-order chi connectivity index (χ1) is 9.10. The van der Waals surface area contributed by atoms with Gasteiger partial charge >= 0.3 is 0 Å². The molecule has 2 rings (SSSR count). The number of nitrogens with zero attached hydrogens (tertiary/aromatic N) is 2. The molecule has 0 saturated heterocycles. The highest BCUT2D eigenvalue weighted by Crippen LogP contribution is 2.31. The van der Waals surface area contributed by atoms with E-state index >= 15 is 0 Å². The maximum Gasteiger partial charge on any atom is 0.216 e. The van der Waals surface area contributed by atoms with Crippen molar-refractivity contribution in [2.45, 2.75) is 11.2 Å². The highest BCUT2D eigenvalue weighted by atomic mass is 79.9. The Balaban J connectivity index is 2.15. The van der Waals surface area contributed by atoms with Crippen LogP contribution in [0.4, 0.5) is 0 Å². The molecule has 0 fully saturated rings. The third-order valence-electron chi connectivity index (χ3n) is 2.60. The van der Waals surface area contributed by atoms with Crippen molar-refractivity contribution in [3.63, 3.8) is 0 Å². The average molecular weight is 407 g/mol. The Morgan fingerprint density at radius 3 is 2.79 bits per heavy atom. The summed E-state index contributed by atoms with van der Waals surface area (Å²) in [7, 11) is 1.59. The molecule has 0 aliphatic carbocycles. The number of aromatic nitrogens is 2. The maximum absolute atomic E-state index is 5.99. The number of rotatable bonds is 4. The molecule has 0 aliphatic rings. The van der Waals surface area contributed by atoms with Gasteiger partial charge in [-0.2, -0.15) is 0 Å². The normalized spacial score (nSPS) is 12.2. The lowest BCUT2D eigenvalue weighted by Gasteiger charge is -2.11. The standard InChI is InChI=1S/C13H11Br2ClN2O/c1-19-13-6-9(17-7-18-13)5-10(14)8-2-3-12(16)11(15)4-8/h2-4,6-7,10H,5H2,1H3. The molecule has 1 atom stereocenters. The van der Waals surface area contributed by atoms with Gasteiger partial charge in [-0.1, -0.05) is 33.6 Å². The summed E-state index contributed by atoms with van der Waals surface area (Å²) in [6.07, 6.45) is 2.25. The number of hydrogen-bond donors (Lipinski definition) is 0. The molecule has 1 unspecified atom stereocenters. The van der Waals surface area contributed by atoms with Crippen LogP contribution in [0.3, 0.4) is 0 Å². The lowest BCUT2D eigenvalue weighted by molar-refractivity contribution is 0.396. The van der Waals surface area contributed by atoms with Gasteiger partial charge in [-0.05, 0) is 33.6 Å². The van der Waals surface area contributed by atoms with Crippen LogP contribution in [0, 0.1) is 0 Å². The zero-order valence-electron chi connectivity index (χ0n) is 10.1. The summed E-state index contributed by atoms with van der Waals surface area (Å²) in [5.41, 5.74) is 2.05. The Morgan fingerprint density at radius 1 is 1.32 bits per heavy atom. The van der Waals surface area contributed by atoms with E-state index in [1.165, 1.54) is 6.33 Å². The smallest absolute Gasteiger partial charge is 0.216 e. The summed E-state index contributed by atoms with van der Waals surface area (Å²) in [6, 6.07) is 7.69. The van der Waals surface area contributed by atoms with Crippen LogP contribution in [0.5, 0.6) is 5.88 Å². The quantitative estimate of drug-likeness (QED) is 0.697. The first-order valence-electron chi connectivity index (χ1n) is 5.54. The van der Waals surface area contributed by atoms with E-state index in [-0.39, 0.29) is 4.83 Å². The predicted octanol–water partition coefficient (Wildman–Crippen LogP) is 4.58. The number of halogens is 3. The lowest BCUT2D eigenvalue weighted by atomic mass is 10.1. The summed E-state index contributed by atoms with van der Waals surface area (Å²) < 4.78 is 5.97. The van der Waals surface area contributed by atoms with Gasteiger partial charge in [-0.25, -0.2) is 9.97 Å². The third-order valence-corrected chi connectivity index (χ3v) is 4.67. The Bertz CT molecular complexity index is 580. The summed E-state index contributed by atoms with van der Waals surface area (Å²) in [6.45, 7) is 0. The van der Waals surface area contributed by atoms with Crippen LogP contribution in [-0.2, 0) is 6.42 Å². The van der Waals surface area contributed by atoms with Crippen molar-refractivity contribution in [3.05, 3.63) is 51.3 Å². The van der Waals surface area contributed by atoms with Crippen LogP contribution in [0.25, 0.3) is 0 Å². The average Bonchev–Trinajstić information content (AvgIpc) is 2.42. The van der Waals surface area contributed by atoms with Gasteiger partial charge in [0, 0.05) is 27.5 Å². The van der Waals surface area contributed by atoms with Crippen LogP contribution in [0.2, 0.25) is 5.02 Å². The molecule has 0 N–H and O–H groups in total. The maximum atomic E-state index is 5.99. The number of alkyl halides is 1. The number of ether oxygens (including phenoxy) is 1. The fourth-order valence-electron chi connectivity index (χ4n) is 1.61. The van der Waals surface area contributed by atoms with Gasteiger partial charge in [0.1, 0.15) is 6.33 Å². The van der Waals surface area contributed by atoms with Crippen molar-refractivity contribution < 1.29 is 4.74 Å². The molecule has 19 heavy (non-hydrogen) atoms. The fraction of sp³-hybridized carbons (Fsp3) is 0.231. The molecule has 0 radical (unpaired) electrons. The van der Waals surface area contributed by atoms with Gasteiger partial charge in [-0.3, -0.25) is 0 Å². The fourth-order valence-corrected chi connectivity index (χ4v) is 2.74. The second-order valence-corrected chi connectivity index (χ2v) is 6.26. The van der Waals surface area contributed by atoms with Crippen molar-refractivity contribution in [2.75, 3.05) is 7.11 Å². The van der Waals surface area contributed by atoms with Crippen molar-refractivity contribution in [3.8, 4) is 5.88 Å². The van der Waals surface area contributed by atoms with Crippen molar-refractivity contribution in [1.29, 1.82) is 0 Å². The van der Waals surface area contributed by atoms with Crippen LogP contribution < -0.4 is 4.74 Å². The number of methoxy groups -OCH3 is 1. The first kappa shape index (κ1) is 14.8. The van der Waals surface area contributed by atoms with E-state index in [0.717, 1.165) is 22.2 Å². The van der Waals surface area contributed by atoms with E-state index in [1.54, 1.807) is 7.11 Å². The Labute approximate surface area is 133 Å². The predicted molar refractivity (Wildman–Crippen MR) is 83.1 cm³/mol. The summed E-state index contributed by atoms with van der Waals surface area (Å²) in [5.74, 6) is 0.571. The van der Waals surface area contributed by atoms with Gasteiger partial charge in [0.15, 0.2) is 0 Å². The SMILES string of the molecule is COc1cc(CC(Br)c2ccc(Cl)c(Br)c2)ncn1. The van der Waals surface area contributed by atoms with Crippen molar-refractivity contribution in [1.82, 2.24) is 9.97 Å². The molecule has 0 bridgehead atoms. The second kappa shape index (κ2) is 6.68. The largest absolute Gasteiger partial charge is 0.481 e. The van der Waals surface area contributed by atoms with Crippen molar-refractivity contribution >= 4 is 43.5 Å². The van der Waals surface area contributed by atoms with Gasteiger partial charge in [0.05, 0.1) is 12.1 Å². The zero-order chi connectivity index (χ0) is 13.8. The molecular formula is C13H11Br2ClN2O.